The van der Waals surface area contributed by atoms with Crippen LogP contribution in [0, 0.1) is 19.7 Å². The molecule has 0 aliphatic carbocycles. The molecule has 1 saturated heterocycles. The fourth-order valence-electron chi connectivity index (χ4n) is 3.12. The fraction of sp³-hybridized carbons (Fsp3) is 0.500. The molecule has 1 fully saturated rings. The van der Waals surface area contributed by atoms with Gasteiger partial charge in [0, 0.05) is 26.1 Å². The second kappa shape index (κ2) is 8.37. The highest BCUT2D eigenvalue weighted by Crippen LogP contribution is 2.24. The summed E-state index contributed by atoms with van der Waals surface area (Å²) in [6.45, 7) is 5.98. The lowest BCUT2D eigenvalue weighted by Gasteiger charge is -2.26. The molecule has 0 unspecified atom stereocenters. The second-order valence-electron chi connectivity index (χ2n) is 6.40. The number of aryl methyl sites for hydroxylation is 2. The normalized spacial score (nSPS) is 15.8. The van der Waals surface area contributed by atoms with Gasteiger partial charge in [-0.2, -0.15) is 9.40 Å². The Morgan fingerprint density at radius 3 is 2.52 bits per heavy atom. The maximum absolute atomic E-state index is 12.9. The summed E-state index contributed by atoms with van der Waals surface area (Å²) in [6.07, 6.45) is 0.649. The molecule has 148 valence electrons. The molecule has 3 rings (SSSR count). The van der Waals surface area contributed by atoms with Crippen molar-refractivity contribution in [2.75, 3.05) is 32.9 Å². The van der Waals surface area contributed by atoms with Crippen molar-refractivity contribution in [3.8, 4) is 5.75 Å². The Morgan fingerprint density at radius 2 is 1.85 bits per heavy atom. The van der Waals surface area contributed by atoms with Crippen LogP contribution >= 0.6 is 0 Å². The largest absolute Gasteiger partial charge is 0.494 e. The van der Waals surface area contributed by atoms with Crippen molar-refractivity contribution in [1.82, 2.24) is 14.1 Å². The van der Waals surface area contributed by atoms with Crippen LogP contribution in [0.15, 0.2) is 29.2 Å². The molecule has 9 heteroatoms. The first-order valence-electron chi connectivity index (χ1n) is 8.90. The molecule has 1 aromatic carbocycles. The minimum Gasteiger partial charge on any atom is -0.494 e. The van der Waals surface area contributed by atoms with Gasteiger partial charge in [0.2, 0.25) is 10.0 Å². The number of aromatic nitrogens is 2. The SMILES string of the molecule is Cc1nn(CCCOc2ccc(F)cc2)c(C)c1S(=O)(=O)N1CCOCC1. The minimum atomic E-state index is -3.58. The molecule has 0 atom stereocenters. The van der Waals surface area contributed by atoms with E-state index in [-0.39, 0.29) is 10.7 Å². The predicted molar refractivity (Wildman–Crippen MR) is 97.8 cm³/mol. The number of nitrogens with zero attached hydrogens (tertiary/aromatic N) is 3. The van der Waals surface area contributed by atoms with Gasteiger partial charge in [0.25, 0.3) is 0 Å². The Kier molecular flexibility index (Phi) is 6.13. The molecule has 0 saturated carbocycles. The van der Waals surface area contributed by atoms with E-state index in [1.165, 1.54) is 16.4 Å². The highest BCUT2D eigenvalue weighted by Gasteiger charge is 2.31. The molecule has 27 heavy (non-hydrogen) atoms. The minimum absolute atomic E-state index is 0.281. The Bertz CT molecular complexity index is 875. The van der Waals surface area contributed by atoms with Crippen LogP contribution in [-0.4, -0.2) is 55.4 Å². The van der Waals surface area contributed by atoms with Gasteiger partial charge in [-0.25, -0.2) is 12.8 Å². The van der Waals surface area contributed by atoms with Crippen LogP contribution in [0.5, 0.6) is 5.75 Å². The zero-order chi connectivity index (χ0) is 19.4. The number of ether oxygens (including phenoxy) is 2. The Labute approximate surface area is 158 Å². The summed E-state index contributed by atoms with van der Waals surface area (Å²) in [5.74, 6) is 0.291. The van der Waals surface area contributed by atoms with E-state index in [1.54, 1.807) is 30.7 Å². The fourth-order valence-corrected chi connectivity index (χ4v) is 4.90. The summed E-state index contributed by atoms with van der Waals surface area (Å²) in [5, 5.41) is 4.40. The molecule has 0 bridgehead atoms. The zero-order valence-electron chi connectivity index (χ0n) is 15.5. The monoisotopic (exact) mass is 397 g/mol. The van der Waals surface area contributed by atoms with Crippen LogP contribution in [0.2, 0.25) is 0 Å². The number of rotatable bonds is 7. The lowest BCUT2D eigenvalue weighted by Crippen LogP contribution is -2.41. The summed E-state index contributed by atoms with van der Waals surface area (Å²) >= 11 is 0. The Morgan fingerprint density at radius 1 is 1.19 bits per heavy atom. The maximum atomic E-state index is 12.9. The van der Waals surface area contributed by atoms with Gasteiger partial charge in [-0.05, 0) is 38.1 Å². The van der Waals surface area contributed by atoms with Crippen molar-refractivity contribution in [1.29, 1.82) is 0 Å². The molecule has 0 amide bonds. The van der Waals surface area contributed by atoms with Crippen molar-refractivity contribution in [2.24, 2.45) is 0 Å². The van der Waals surface area contributed by atoms with E-state index in [1.807, 2.05) is 0 Å². The molecular formula is C18H24FN3O4S. The van der Waals surface area contributed by atoms with Crippen LogP contribution in [0.3, 0.4) is 0 Å². The number of hydrogen-bond donors (Lipinski definition) is 0. The number of sulfonamides is 1. The number of halogens is 1. The van der Waals surface area contributed by atoms with E-state index in [4.69, 9.17) is 9.47 Å². The van der Waals surface area contributed by atoms with Crippen LogP contribution < -0.4 is 4.74 Å². The van der Waals surface area contributed by atoms with Gasteiger partial charge >= 0.3 is 0 Å². The third-order valence-electron chi connectivity index (χ3n) is 4.48. The quantitative estimate of drug-likeness (QED) is 0.669. The van der Waals surface area contributed by atoms with Crippen molar-refractivity contribution < 1.29 is 22.3 Å². The van der Waals surface area contributed by atoms with Crippen molar-refractivity contribution in [3.63, 3.8) is 0 Å². The highest BCUT2D eigenvalue weighted by molar-refractivity contribution is 7.89. The van der Waals surface area contributed by atoms with Gasteiger partial charge in [0.15, 0.2) is 0 Å². The summed E-state index contributed by atoms with van der Waals surface area (Å²) in [5.41, 5.74) is 1.12. The van der Waals surface area contributed by atoms with Crippen LogP contribution in [0.4, 0.5) is 4.39 Å². The molecule has 0 spiro atoms. The summed E-state index contributed by atoms with van der Waals surface area (Å²) < 4.78 is 52.8. The van der Waals surface area contributed by atoms with E-state index in [9.17, 15) is 12.8 Å². The summed E-state index contributed by atoms with van der Waals surface area (Å²) in [6, 6.07) is 5.84. The number of hydrogen-bond acceptors (Lipinski definition) is 5. The third kappa shape index (κ3) is 4.48. The first kappa shape index (κ1) is 19.8. The molecule has 1 aliphatic heterocycles. The van der Waals surface area contributed by atoms with Crippen LogP contribution in [-0.2, 0) is 21.3 Å². The van der Waals surface area contributed by atoms with E-state index in [0.717, 1.165) is 0 Å². The summed E-state index contributed by atoms with van der Waals surface area (Å²) in [7, 11) is -3.58. The maximum Gasteiger partial charge on any atom is 0.246 e. The van der Waals surface area contributed by atoms with Gasteiger partial charge in [0.1, 0.15) is 16.5 Å². The third-order valence-corrected chi connectivity index (χ3v) is 6.63. The molecule has 7 nitrogen and oxygen atoms in total. The van der Waals surface area contributed by atoms with Crippen molar-refractivity contribution >= 4 is 10.0 Å². The first-order chi connectivity index (χ1) is 12.9. The van der Waals surface area contributed by atoms with Gasteiger partial charge in [-0.3, -0.25) is 4.68 Å². The summed E-state index contributed by atoms with van der Waals surface area (Å²) in [4.78, 5) is 0.281. The lowest BCUT2D eigenvalue weighted by molar-refractivity contribution is 0.0730. The topological polar surface area (TPSA) is 73.7 Å². The average molecular weight is 397 g/mol. The molecule has 1 aliphatic rings. The Hall–Kier alpha value is -1.97. The molecular weight excluding hydrogens is 373 g/mol. The second-order valence-corrected chi connectivity index (χ2v) is 8.27. The van der Waals surface area contributed by atoms with Crippen LogP contribution in [0.25, 0.3) is 0 Å². The smallest absolute Gasteiger partial charge is 0.246 e. The van der Waals surface area contributed by atoms with Crippen molar-refractivity contribution in [2.45, 2.75) is 31.7 Å². The first-order valence-corrected chi connectivity index (χ1v) is 10.3. The number of morpholine rings is 1. The van der Waals surface area contributed by atoms with E-state index in [0.29, 0.717) is 63.0 Å². The highest BCUT2D eigenvalue weighted by atomic mass is 32.2. The molecule has 0 radical (unpaired) electrons. The predicted octanol–water partition coefficient (Wildman–Crippen LogP) is 2.13. The molecule has 2 heterocycles. The van der Waals surface area contributed by atoms with Crippen LogP contribution in [0.1, 0.15) is 17.8 Å². The van der Waals surface area contributed by atoms with Gasteiger partial charge in [-0.1, -0.05) is 0 Å². The van der Waals surface area contributed by atoms with Gasteiger partial charge in [0.05, 0.1) is 31.2 Å². The molecule has 0 N–H and O–H groups in total. The van der Waals surface area contributed by atoms with E-state index >= 15 is 0 Å². The van der Waals surface area contributed by atoms with E-state index < -0.39 is 10.0 Å². The Balaban J connectivity index is 1.64. The number of benzene rings is 1. The zero-order valence-corrected chi connectivity index (χ0v) is 16.3. The average Bonchev–Trinajstić information content (AvgIpc) is 2.95. The van der Waals surface area contributed by atoms with Crippen molar-refractivity contribution in [3.05, 3.63) is 41.5 Å². The van der Waals surface area contributed by atoms with Gasteiger partial charge < -0.3 is 9.47 Å². The lowest BCUT2D eigenvalue weighted by atomic mass is 10.3. The van der Waals surface area contributed by atoms with Gasteiger partial charge in [-0.15, -0.1) is 0 Å². The molecule has 2 aromatic rings. The van der Waals surface area contributed by atoms with E-state index in [2.05, 4.69) is 5.10 Å². The standard InChI is InChI=1S/C18H24FN3O4S/c1-14-18(27(23,24)21-9-12-25-13-10-21)15(2)22(20-14)8-3-11-26-17-6-4-16(19)5-7-17/h4-7H,3,8-13H2,1-2H3. The molecule has 1 aromatic heterocycles.